The molecule has 0 spiro atoms. The Bertz CT molecular complexity index is 1680. The number of rotatable bonds is 16. The van der Waals surface area contributed by atoms with Crippen LogP contribution in [0.1, 0.15) is 66.2 Å². The smallest absolute Gasteiger partial charge is 0.251 e. The van der Waals surface area contributed by atoms with Crippen molar-refractivity contribution in [1.82, 2.24) is 16.0 Å². The van der Waals surface area contributed by atoms with Crippen LogP contribution in [0.4, 0.5) is 11.4 Å². The maximum Gasteiger partial charge on any atom is 0.251 e. The summed E-state index contributed by atoms with van der Waals surface area (Å²) in [6.45, 7) is 5.47. The summed E-state index contributed by atoms with van der Waals surface area (Å²) in [7, 11) is 0. The van der Waals surface area contributed by atoms with Gasteiger partial charge in [0.15, 0.2) is 0 Å². The maximum absolute atomic E-state index is 12.9. The van der Waals surface area contributed by atoms with Crippen LogP contribution in [0.15, 0.2) is 88.8 Å². The number of carbonyl (C=O) groups excluding carboxylic acids is 2. The van der Waals surface area contributed by atoms with Gasteiger partial charge >= 0.3 is 0 Å². The molecule has 0 aromatic heterocycles. The third kappa shape index (κ3) is 10.1. The number of nitrogens with zero attached hydrogens (tertiary/aromatic N) is 2. The first kappa shape index (κ1) is 36.8. The summed E-state index contributed by atoms with van der Waals surface area (Å²) in [5.41, 5.74) is 2.36. The summed E-state index contributed by atoms with van der Waals surface area (Å²) in [4.78, 5) is 35.0. The summed E-state index contributed by atoms with van der Waals surface area (Å²) < 4.78 is 11.4. The molecule has 3 aromatic rings. The molecule has 3 aliphatic rings. The van der Waals surface area contributed by atoms with Crippen LogP contribution in [-0.2, 0) is 9.47 Å². The maximum atomic E-state index is 12.9. The fraction of sp³-hybridized carbons (Fsp3) is 0.450. The van der Waals surface area contributed by atoms with Crippen molar-refractivity contribution in [3.63, 3.8) is 0 Å². The Morgan fingerprint density at radius 3 is 2.27 bits per heavy atom. The lowest BCUT2D eigenvalue weighted by molar-refractivity contribution is 0.0512. The topological polar surface area (TPSA) is 158 Å². The van der Waals surface area contributed by atoms with Crippen molar-refractivity contribution in [2.24, 2.45) is 27.7 Å². The van der Waals surface area contributed by atoms with Gasteiger partial charge < -0.3 is 41.2 Å². The molecular formula is C40H51N7O5. The number of nitrogens with one attached hydrogen (secondary N) is 5. The second-order valence-corrected chi connectivity index (χ2v) is 13.8. The minimum absolute atomic E-state index is 0.0516. The van der Waals surface area contributed by atoms with Crippen molar-refractivity contribution in [2.75, 3.05) is 56.7 Å². The van der Waals surface area contributed by atoms with Gasteiger partial charge in [0, 0.05) is 53.8 Å². The first-order valence-electron chi connectivity index (χ1n) is 18.5. The first-order valence-corrected chi connectivity index (χ1v) is 18.5. The fourth-order valence-corrected chi connectivity index (χ4v) is 7.00. The molecule has 3 aromatic carbocycles. The lowest BCUT2D eigenvalue weighted by Crippen LogP contribution is -2.37. The van der Waals surface area contributed by atoms with Gasteiger partial charge in [-0.25, -0.2) is 4.99 Å². The summed E-state index contributed by atoms with van der Waals surface area (Å²) in [5.74, 6) is 2.39. The highest BCUT2D eigenvalue weighted by Crippen LogP contribution is 2.56. The molecule has 1 heterocycles. The van der Waals surface area contributed by atoms with Crippen molar-refractivity contribution >= 4 is 35.0 Å². The zero-order valence-corrected chi connectivity index (χ0v) is 29.9. The number of anilines is 2. The van der Waals surface area contributed by atoms with Crippen molar-refractivity contribution < 1.29 is 24.2 Å². The number of amidine groups is 1. The minimum atomic E-state index is -0.559. The second kappa shape index (κ2) is 18.0. The molecular weight excluding hydrogens is 658 g/mol. The number of phenolic OH excluding ortho intramolecular Hbond substituents is 1. The minimum Gasteiger partial charge on any atom is -0.508 e. The highest BCUT2D eigenvalue weighted by molar-refractivity contribution is 6.07. The molecule has 12 heteroatoms. The van der Waals surface area contributed by atoms with Crippen molar-refractivity contribution in [1.29, 1.82) is 0 Å². The Balaban J connectivity index is 1.01. The van der Waals surface area contributed by atoms with Gasteiger partial charge in [-0.2, -0.15) is 0 Å². The van der Waals surface area contributed by atoms with Gasteiger partial charge in [0.2, 0.25) is 5.96 Å². The van der Waals surface area contributed by atoms with Crippen LogP contribution < -0.4 is 26.6 Å². The van der Waals surface area contributed by atoms with E-state index in [-0.39, 0.29) is 29.4 Å². The molecule has 0 saturated heterocycles. The van der Waals surface area contributed by atoms with E-state index >= 15 is 0 Å². The highest BCUT2D eigenvalue weighted by Gasteiger charge is 2.64. The average molecular weight is 710 g/mol. The van der Waals surface area contributed by atoms with E-state index in [1.165, 1.54) is 32.1 Å². The number of benzene rings is 3. The largest absolute Gasteiger partial charge is 0.508 e. The molecule has 2 saturated carbocycles. The summed E-state index contributed by atoms with van der Waals surface area (Å²) in [6.07, 6.45) is 6.87. The van der Waals surface area contributed by atoms with Gasteiger partial charge in [-0.15, -0.1) is 0 Å². The molecule has 52 heavy (non-hydrogen) atoms. The zero-order chi connectivity index (χ0) is 36.2. The van der Waals surface area contributed by atoms with Gasteiger partial charge in [-0.05, 0) is 79.4 Å². The van der Waals surface area contributed by atoms with Crippen LogP contribution in [0.3, 0.4) is 0 Å². The predicted molar refractivity (Wildman–Crippen MR) is 204 cm³/mol. The Hall–Kier alpha value is -4.94. The summed E-state index contributed by atoms with van der Waals surface area (Å²) in [5, 5.41) is 26.2. The number of guanidine groups is 1. The van der Waals surface area contributed by atoms with E-state index in [1.807, 2.05) is 54.6 Å². The van der Waals surface area contributed by atoms with Gasteiger partial charge in [-0.3, -0.25) is 14.6 Å². The Morgan fingerprint density at radius 2 is 1.52 bits per heavy atom. The average Bonchev–Trinajstić information content (AvgIpc) is 3.75. The number of fused-ring (bicyclic) bond motifs is 1. The van der Waals surface area contributed by atoms with Gasteiger partial charge in [0.25, 0.3) is 11.8 Å². The van der Waals surface area contributed by atoms with Gasteiger partial charge in [-0.1, -0.05) is 44.4 Å². The number of ether oxygens (including phenoxy) is 2. The summed E-state index contributed by atoms with van der Waals surface area (Å²) >= 11 is 0. The van der Waals surface area contributed by atoms with Crippen molar-refractivity contribution in [3.05, 3.63) is 90.0 Å². The molecule has 2 fully saturated rings. The van der Waals surface area contributed by atoms with Crippen LogP contribution in [0.25, 0.3) is 0 Å². The molecule has 0 radical (unpaired) electrons. The molecule has 1 aliphatic heterocycles. The first-order chi connectivity index (χ1) is 25.4. The molecule has 2 aliphatic carbocycles. The molecule has 2 amide bonds. The number of hydrogen-bond donors (Lipinski definition) is 6. The molecule has 3 unspecified atom stereocenters. The highest BCUT2D eigenvalue weighted by atomic mass is 16.5. The molecule has 276 valence electrons. The third-order valence-corrected chi connectivity index (χ3v) is 10.1. The van der Waals surface area contributed by atoms with E-state index in [9.17, 15) is 14.7 Å². The Morgan fingerprint density at radius 1 is 0.846 bits per heavy atom. The van der Waals surface area contributed by atoms with Gasteiger partial charge in [0.1, 0.15) is 17.2 Å². The lowest BCUT2D eigenvalue weighted by Gasteiger charge is -2.21. The van der Waals surface area contributed by atoms with E-state index in [0.29, 0.717) is 68.9 Å². The molecule has 0 bridgehead atoms. The van der Waals surface area contributed by atoms with Crippen LogP contribution in [0, 0.1) is 17.8 Å². The Labute approximate surface area is 305 Å². The van der Waals surface area contributed by atoms with Crippen molar-refractivity contribution in [3.8, 4) is 5.75 Å². The second-order valence-electron chi connectivity index (χ2n) is 13.8. The van der Waals surface area contributed by atoms with E-state index in [4.69, 9.17) is 19.5 Å². The summed E-state index contributed by atoms with van der Waals surface area (Å²) in [6, 6.07) is 23.6. The number of amides is 2. The lowest BCUT2D eigenvalue weighted by atomic mass is 9.89. The standard InChI is InChI=1S/C40H51N7O5/c1-28-35-26-36(41-20-22-51-24-25-52-23-21-42-37(49)30-10-6-3-7-11-30)45-39(47-40(28,35)46-33-16-18-34(48)19-17-33)44-32-14-12-31(13-15-32)38(50)43-27-29-8-4-2-5-9-29/h3,6-7,10-19,28-29,35,46,48H,2,4-5,8-9,20-27H2,1H3,(H,42,49)(H,43,50)(H2,41,44,45,47). The van der Waals surface area contributed by atoms with E-state index in [1.54, 1.807) is 24.3 Å². The quantitative estimate of drug-likeness (QED) is 0.0853. The number of aromatic hydroxyl groups is 1. The monoisotopic (exact) mass is 709 g/mol. The van der Waals surface area contributed by atoms with Crippen LogP contribution in [0.2, 0.25) is 0 Å². The number of carbonyl (C=O) groups is 2. The van der Waals surface area contributed by atoms with E-state index in [0.717, 1.165) is 23.8 Å². The SMILES string of the molecule is CC1C2CC(=NCCOCCOCCNC(=O)c3ccccc3)NC(Nc3ccc(C(=O)NCC4CCCCC4)cc3)=NC12Nc1ccc(O)cc1. The number of aliphatic imine (C=N–C) groups is 2. The van der Waals surface area contributed by atoms with Crippen LogP contribution >= 0.6 is 0 Å². The molecule has 6 rings (SSSR count). The van der Waals surface area contributed by atoms with Crippen LogP contribution in [-0.4, -0.2) is 80.4 Å². The zero-order valence-electron chi connectivity index (χ0n) is 29.9. The van der Waals surface area contributed by atoms with E-state index < -0.39 is 5.66 Å². The van der Waals surface area contributed by atoms with E-state index in [2.05, 4.69) is 33.5 Å². The normalized spacial score (nSPS) is 21.9. The Kier molecular flexibility index (Phi) is 12.8. The number of hydrogen-bond acceptors (Lipinski definition) is 9. The number of phenols is 1. The molecule has 12 nitrogen and oxygen atoms in total. The molecule has 3 atom stereocenters. The third-order valence-electron chi connectivity index (χ3n) is 10.1. The fourth-order valence-electron chi connectivity index (χ4n) is 7.00. The molecule has 6 N–H and O–H groups in total. The van der Waals surface area contributed by atoms with Gasteiger partial charge in [0.05, 0.1) is 33.0 Å². The predicted octanol–water partition coefficient (Wildman–Crippen LogP) is 5.40. The van der Waals surface area contributed by atoms with Crippen LogP contribution in [0.5, 0.6) is 5.75 Å². The van der Waals surface area contributed by atoms with Crippen molar-refractivity contribution in [2.45, 2.75) is 51.1 Å².